The first kappa shape index (κ1) is 21.4. The fraction of sp³-hybridized carbons (Fsp3) is 0.828. The third-order valence-electron chi connectivity index (χ3n) is 12.0. The molecule has 10 atom stereocenters. The highest BCUT2D eigenvalue weighted by Crippen LogP contribution is 2.82. The number of ether oxygens (including phenoxy) is 2. The van der Waals surface area contributed by atoms with Gasteiger partial charge in [0.2, 0.25) is 5.88 Å². The molecule has 1 aromatic heterocycles. The summed E-state index contributed by atoms with van der Waals surface area (Å²) in [6.07, 6.45) is 13.7. The smallest absolute Gasteiger partial charge is 0.216 e. The Labute approximate surface area is 195 Å². The van der Waals surface area contributed by atoms with Crippen molar-refractivity contribution in [3.63, 3.8) is 0 Å². The normalized spacial score (nSPS) is 49.5. The third-order valence-corrected chi connectivity index (χ3v) is 12.0. The van der Waals surface area contributed by atoms with Crippen molar-refractivity contribution in [2.75, 3.05) is 13.7 Å². The zero-order valence-electron chi connectivity index (χ0n) is 20.9. The average Bonchev–Trinajstić information content (AvgIpc) is 3.29. The minimum Gasteiger partial charge on any atom is -0.477 e. The van der Waals surface area contributed by atoms with Gasteiger partial charge in [0.15, 0.2) is 0 Å². The first-order chi connectivity index (χ1) is 15.3. The Kier molecular flexibility index (Phi) is 4.83. The van der Waals surface area contributed by atoms with Crippen LogP contribution in [0.5, 0.6) is 5.88 Å². The Morgan fingerprint density at radius 2 is 1.97 bits per heavy atom. The second-order valence-electron chi connectivity index (χ2n) is 12.9. The van der Waals surface area contributed by atoms with Crippen molar-refractivity contribution >= 4 is 0 Å². The molecule has 3 heteroatoms. The molecule has 5 fully saturated rings. The molecule has 32 heavy (non-hydrogen) atoms. The fourth-order valence-corrected chi connectivity index (χ4v) is 10.5. The highest BCUT2D eigenvalue weighted by atomic mass is 16.5. The van der Waals surface area contributed by atoms with Crippen molar-refractivity contribution in [3.8, 4) is 5.88 Å². The van der Waals surface area contributed by atoms with Gasteiger partial charge in [-0.2, -0.15) is 0 Å². The van der Waals surface area contributed by atoms with Crippen molar-refractivity contribution in [1.29, 1.82) is 0 Å². The molecule has 0 radical (unpaired) electrons. The van der Waals surface area contributed by atoms with Crippen molar-refractivity contribution in [2.24, 2.45) is 51.8 Å². The molecular formula is C29H43NO2. The molecule has 3 nitrogen and oxygen atoms in total. The summed E-state index contributed by atoms with van der Waals surface area (Å²) in [5, 5.41) is 0. The molecule has 1 spiro atoms. The van der Waals surface area contributed by atoms with E-state index in [4.69, 9.17) is 9.47 Å². The van der Waals surface area contributed by atoms with E-state index >= 15 is 0 Å². The lowest BCUT2D eigenvalue weighted by molar-refractivity contribution is -0.161. The zero-order chi connectivity index (χ0) is 22.3. The minimum atomic E-state index is 0.462. The van der Waals surface area contributed by atoms with E-state index in [1.807, 2.05) is 19.4 Å². The molecule has 0 aromatic carbocycles. The lowest BCUT2D eigenvalue weighted by atomic mass is 9.45. The van der Waals surface area contributed by atoms with Crippen LogP contribution in [0.15, 0.2) is 18.3 Å². The van der Waals surface area contributed by atoms with Crippen LogP contribution in [0.2, 0.25) is 0 Å². The molecule has 0 saturated heterocycles. The second kappa shape index (κ2) is 7.20. The van der Waals surface area contributed by atoms with Gasteiger partial charge in [-0.25, -0.2) is 4.98 Å². The SMILES string of the molecule is COC1C[C@H]2[C@@H]3CC[C@H](C(C)COc4ncccc4C)[C@@]3(C)CC[C@@H]2[C@@]2(C)CC[C@@H]3C[C@@]132. The molecule has 6 rings (SSSR count). The Morgan fingerprint density at radius 3 is 2.72 bits per heavy atom. The largest absolute Gasteiger partial charge is 0.477 e. The predicted molar refractivity (Wildman–Crippen MR) is 127 cm³/mol. The second-order valence-corrected chi connectivity index (χ2v) is 12.9. The summed E-state index contributed by atoms with van der Waals surface area (Å²) in [4.78, 5) is 4.46. The highest BCUT2D eigenvalue weighted by molar-refractivity contribution is 5.26. The Hall–Kier alpha value is -1.09. The van der Waals surface area contributed by atoms with Gasteiger partial charge in [-0.15, -0.1) is 0 Å². The first-order valence-corrected chi connectivity index (χ1v) is 13.4. The van der Waals surface area contributed by atoms with Crippen molar-refractivity contribution in [2.45, 2.75) is 85.2 Å². The maximum Gasteiger partial charge on any atom is 0.216 e. The highest BCUT2D eigenvalue weighted by Gasteiger charge is 2.77. The van der Waals surface area contributed by atoms with Crippen molar-refractivity contribution < 1.29 is 9.47 Å². The van der Waals surface area contributed by atoms with Crippen LogP contribution in [-0.4, -0.2) is 24.8 Å². The van der Waals surface area contributed by atoms with Crippen LogP contribution in [0.3, 0.4) is 0 Å². The number of pyridine rings is 1. The number of nitrogens with zero attached hydrogens (tertiary/aromatic N) is 1. The Morgan fingerprint density at radius 1 is 1.12 bits per heavy atom. The lowest BCUT2D eigenvalue weighted by Crippen LogP contribution is -2.57. The van der Waals surface area contributed by atoms with Crippen molar-refractivity contribution in [1.82, 2.24) is 4.98 Å². The van der Waals surface area contributed by atoms with E-state index in [2.05, 4.69) is 38.7 Å². The first-order valence-electron chi connectivity index (χ1n) is 13.4. The van der Waals surface area contributed by atoms with E-state index in [0.717, 1.165) is 47.6 Å². The Balaban J connectivity index is 1.21. The van der Waals surface area contributed by atoms with Crippen LogP contribution >= 0.6 is 0 Å². The monoisotopic (exact) mass is 437 g/mol. The summed E-state index contributed by atoms with van der Waals surface area (Å²) < 4.78 is 12.5. The molecule has 0 amide bonds. The van der Waals surface area contributed by atoms with Crippen LogP contribution in [0.1, 0.15) is 77.7 Å². The standard InChI is InChI=1S/C29H43NO2/c1-18-7-6-14-30-26(18)32-17-19(2)22-8-9-23-21-15-25(31-5)29-16-20(29)10-13-28(29,4)24(21)11-12-27(22,23)3/h6-7,14,19-25H,8-13,15-17H2,1-5H3/t19?,20-,21+,22-,23+,24+,25?,27-,28-,29+/m1/s1. The molecule has 0 bridgehead atoms. The van der Waals surface area contributed by atoms with Crippen LogP contribution in [0, 0.1) is 58.7 Å². The Bertz CT molecular complexity index is 886. The minimum absolute atomic E-state index is 0.462. The summed E-state index contributed by atoms with van der Waals surface area (Å²) in [5.41, 5.74) is 2.67. The number of hydrogen-bond acceptors (Lipinski definition) is 3. The van der Waals surface area contributed by atoms with Crippen LogP contribution in [0.4, 0.5) is 0 Å². The number of aryl methyl sites for hydroxylation is 1. The van der Waals surface area contributed by atoms with E-state index in [1.165, 1.54) is 51.4 Å². The molecule has 0 N–H and O–H groups in total. The van der Waals surface area contributed by atoms with E-state index < -0.39 is 0 Å². The molecule has 2 unspecified atom stereocenters. The fourth-order valence-electron chi connectivity index (χ4n) is 10.5. The number of fused-ring (bicyclic) bond motifs is 4. The summed E-state index contributed by atoms with van der Waals surface area (Å²) in [7, 11) is 2.01. The van der Waals surface area contributed by atoms with Gasteiger partial charge in [0.25, 0.3) is 0 Å². The van der Waals surface area contributed by atoms with Gasteiger partial charge in [0.1, 0.15) is 0 Å². The number of methoxy groups -OCH3 is 1. The quantitative estimate of drug-likeness (QED) is 0.514. The average molecular weight is 438 g/mol. The lowest BCUT2D eigenvalue weighted by Gasteiger charge is -2.61. The van der Waals surface area contributed by atoms with Crippen LogP contribution < -0.4 is 4.74 Å². The number of hydrogen-bond donors (Lipinski definition) is 0. The molecule has 176 valence electrons. The summed E-state index contributed by atoms with van der Waals surface area (Å²) in [6.45, 7) is 10.7. The predicted octanol–water partition coefficient (Wildman–Crippen LogP) is 6.69. The van der Waals surface area contributed by atoms with Gasteiger partial charge in [-0.1, -0.05) is 26.8 Å². The van der Waals surface area contributed by atoms with Gasteiger partial charge in [-0.05, 0) is 111 Å². The summed E-state index contributed by atoms with van der Waals surface area (Å²) in [5.74, 6) is 5.79. The van der Waals surface area contributed by atoms with Crippen molar-refractivity contribution in [3.05, 3.63) is 23.9 Å². The van der Waals surface area contributed by atoms with Gasteiger partial charge in [0, 0.05) is 24.3 Å². The molecular weight excluding hydrogens is 394 g/mol. The summed E-state index contributed by atoms with van der Waals surface area (Å²) in [6, 6.07) is 4.08. The van der Waals surface area contributed by atoms with E-state index in [0.29, 0.717) is 28.3 Å². The van der Waals surface area contributed by atoms with Gasteiger partial charge in [-0.3, -0.25) is 0 Å². The molecule has 5 aliphatic carbocycles. The number of aromatic nitrogens is 1. The van der Waals surface area contributed by atoms with Gasteiger partial charge in [0.05, 0.1) is 12.7 Å². The summed E-state index contributed by atoms with van der Waals surface area (Å²) >= 11 is 0. The van der Waals surface area contributed by atoms with E-state index in [1.54, 1.807) is 0 Å². The van der Waals surface area contributed by atoms with E-state index in [-0.39, 0.29) is 0 Å². The van der Waals surface area contributed by atoms with Crippen LogP contribution in [0.25, 0.3) is 0 Å². The molecule has 0 aliphatic heterocycles. The van der Waals surface area contributed by atoms with E-state index in [9.17, 15) is 0 Å². The maximum absolute atomic E-state index is 6.29. The third kappa shape index (κ3) is 2.67. The van der Waals surface area contributed by atoms with Gasteiger partial charge < -0.3 is 9.47 Å². The van der Waals surface area contributed by atoms with Crippen LogP contribution in [-0.2, 0) is 4.74 Å². The van der Waals surface area contributed by atoms with Gasteiger partial charge >= 0.3 is 0 Å². The zero-order valence-corrected chi connectivity index (χ0v) is 20.9. The molecule has 5 aliphatic rings. The molecule has 5 saturated carbocycles. The molecule has 1 aromatic rings. The topological polar surface area (TPSA) is 31.4 Å². The maximum atomic E-state index is 6.29. The number of rotatable bonds is 5. The molecule has 1 heterocycles.